The summed E-state index contributed by atoms with van der Waals surface area (Å²) in [5.41, 5.74) is -0.675. The molecule has 1 rings (SSSR count). The first-order valence-corrected chi connectivity index (χ1v) is 5.21. The van der Waals surface area contributed by atoms with Crippen LogP contribution in [-0.2, 0) is 10.7 Å². The van der Waals surface area contributed by atoms with Crippen molar-refractivity contribution >= 4 is 17.6 Å². The van der Waals surface area contributed by atoms with E-state index in [2.05, 4.69) is 0 Å². The summed E-state index contributed by atoms with van der Waals surface area (Å²) in [6.45, 7) is 3.52. The minimum Gasteiger partial charge on any atom is -0.489 e. The van der Waals surface area contributed by atoms with Gasteiger partial charge in [-0.1, -0.05) is 11.6 Å². The zero-order valence-corrected chi connectivity index (χ0v) is 9.96. The zero-order valence-electron chi connectivity index (χ0n) is 9.21. The van der Waals surface area contributed by atoms with E-state index in [0.717, 1.165) is 12.1 Å². The van der Waals surface area contributed by atoms with Gasteiger partial charge in [-0.05, 0) is 32.0 Å². The van der Waals surface area contributed by atoms with Crippen LogP contribution in [-0.4, -0.2) is 17.2 Å². The zero-order chi connectivity index (χ0) is 13.2. The first-order valence-electron chi connectivity index (χ1n) is 4.83. The number of benzene rings is 1. The molecule has 0 bridgehead atoms. The second kappa shape index (κ2) is 4.87. The van der Waals surface area contributed by atoms with Gasteiger partial charge in [0.1, 0.15) is 5.75 Å². The average molecular weight is 265 g/mol. The molecule has 0 amide bonds. The van der Waals surface area contributed by atoms with Gasteiger partial charge in [0.25, 0.3) is 0 Å². The first-order chi connectivity index (χ1) is 7.75. The molecule has 3 nitrogen and oxygen atoms in total. The van der Waals surface area contributed by atoms with Crippen LogP contribution >= 0.6 is 11.6 Å². The molecule has 0 aliphatic heterocycles. The predicted molar refractivity (Wildman–Crippen MR) is 58.7 cm³/mol. The van der Waals surface area contributed by atoms with Crippen LogP contribution in [0, 0.1) is 0 Å². The number of hydrogen-bond donors (Lipinski definition) is 1. The number of alkyl halides is 2. The van der Waals surface area contributed by atoms with Crippen LogP contribution in [0.4, 0.5) is 8.78 Å². The van der Waals surface area contributed by atoms with Crippen molar-refractivity contribution in [2.45, 2.75) is 25.9 Å². The quantitative estimate of drug-likeness (QED) is 0.908. The van der Waals surface area contributed by atoms with E-state index in [-0.39, 0.29) is 16.9 Å². The Kier molecular flexibility index (Phi) is 3.93. The normalized spacial score (nSPS) is 11.6. The van der Waals surface area contributed by atoms with Crippen LogP contribution < -0.4 is 4.74 Å². The fraction of sp³-hybridized carbons (Fsp3) is 0.364. The van der Waals surface area contributed by atoms with E-state index in [1.165, 1.54) is 6.07 Å². The van der Waals surface area contributed by atoms with Crippen molar-refractivity contribution in [1.29, 1.82) is 0 Å². The van der Waals surface area contributed by atoms with Gasteiger partial charge >= 0.3 is 11.9 Å². The van der Waals surface area contributed by atoms with Gasteiger partial charge in [0.05, 0.1) is 11.1 Å². The molecule has 0 saturated carbocycles. The lowest BCUT2D eigenvalue weighted by Gasteiger charge is -2.15. The Labute approximate surface area is 102 Å². The summed E-state index contributed by atoms with van der Waals surface area (Å²) in [5, 5.41) is 8.33. The van der Waals surface area contributed by atoms with E-state index < -0.39 is 17.5 Å². The number of aliphatic carboxylic acids is 1. The Morgan fingerprint density at radius 2 is 2.06 bits per heavy atom. The molecule has 94 valence electrons. The summed E-state index contributed by atoms with van der Waals surface area (Å²) < 4.78 is 31.6. The molecule has 0 atom stereocenters. The highest BCUT2D eigenvalue weighted by Crippen LogP contribution is 2.34. The van der Waals surface area contributed by atoms with Crippen molar-refractivity contribution in [2.24, 2.45) is 0 Å². The molecule has 0 heterocycles. The highest BCUT2D eigenvalue weighted by Gasteiger charge is 2.41. The molecule has 1 aromatic carbocycles. The Balaban J connectivity index is 3.08. The number of carboxylic acids is 1. The molecule has 0 radical (unpaired) electrons. The molecule has 0 aliphatic carbocycles. The van der Waals surface area contributed by atoms with Gasteiger partial charge in [-0.2, -0.15) is 8.78 Å². The van der Waals surface area contributed by atoms with Crippen LogP contribution in [0.5, 0.6) is 5.75 Å². The third kappa shape index (κ3) is 3.06. The smallest absolute Gasteiger partial charge is 0.379 e. The van der Waals surface area contributed by atoms with Crippen molar-refractivity contribution in [3.63, 3.8) is 0 Å². The molecule has 1 N–H and O–H groups in total. The molecule has 17 heavy (non-hydrogen) atoms. The fourth-order valence-electron chi connectivity index (χ4n) is 1.17. The largest absolute Gasteiger partial charge is 0.489 e. The highest BCUT2D eigenvalue weighted by molar-refractivity contribution is 6.32. The van der Waals surface area contributed by atoms with E-state index >= 15 is 0 Å². The van der Waals surface area contributed by atoms with Crippen molar-refractivity contribution in [1.82, 2.24) is 0 Å². The van der Waals surface area contributed by atoms with Crippen LogP contribution in [0.15, 0.2) is 18.2 Å². The fourth-order valence-corrected chi connectivity index (χ4v) is 1.39. The van der Waals surface area contributed by atoms with Crippen molar-refractivity contribution in [3.05, 3.63) is 28.8 Å². The summed E-state index contributed by atoms with van der Waals surface area (Å²) in [4.78, 5) is 10.4. The van der Waals surface area contributed by atoms with E-state index in [0.29, 0.717) is 0 Å². The maximum atomic E-state index is 13.2. The second-order valence-corrected chi connectivity index (χ2v) is 4.10. The molecule has 1 aromatic rings. The van der Waals surface area contributed by atoms with Gasteiger partial charge in [-0.3, -0.25) is 0 Å². The number of halogens is 3. The summed E-state index contributed by atoms with van der Waals surface area (Å²) in [6.07, 6.45) is -0.154. The van der Waals surface area contributed by atoms with E-state index in [4.69, 9.17) is 21.4 Å². The number of carboxylic acid groups (broad SMARTS) is 1. The Bertz CT molecular complexity index is 433. The summed E-state index contributed by atoms with van der Waals surface area (Å²) >= 11 is 5.73. The van der Waals surface area contributed by atoms with Crippen LogP contribution in [0.1, 0.15) is 19.4 Å². The van der Waals surface area contributed by atoms with Crippen LogP contribution in [0.2, 0.25) is 5.02 Å². The molecule has 0 aliphatic rings. The lowest BCUT2D eigenvalue weighted by atomic mass is 10.1. The monoisotopic (exact) mass is 264 g/mol. The summed E-state index contributed by atoms with van der Waals surface area (Å²) in [5.74, 6) is -5.93. The molecule has 0 spiro atoms. The van der Waals surface area contributed by atoms with E-state index in [1.54, 1.807) is 13.8 Å². The Morgan fingerprint density at radius 3 is 2.47 bits per heavy atom. The van der Waals surface area contributed by atoms with Crippen molar-refractivity contribution in [2.75, 3.05) is 0 Å². The number of ether oxygens (including phenoxy) is 1. The first kappa shape index (κ1) is 13.7. The molecule has 0 aromatic heterocycles. The molecule has 6 heteroatoms. The third-order valence-electron chi connectivity index (χ3n) is 1.93. The molecular weight excluding hydrogens is 254 g/mol. The van der Waals surface area contributed by atoms with E-state index in [9.17, 15) is 13.6 Å². The number of rotatable bonds is 4. The Morgan fingerprint density at radius 1 is 1.47 bits per heavy atom. The minimum absolute atomic E-state index is 0.0443. The van der Waals surface area contributed by atoms with Gasteiger partial charge in [-0.15, -0.1) is 0 Å². The average Bonchev–Trinajstić information content (AvgIpc) is 2.20. The second-order valence-electron chi connectivity index (χ2n) is 3.69. The van der Waals surface area contributed by atoms with Gasteiger partial charge in [0.15, 0.2) is 0 Å². The molecule has 0 unspecified atom stereocenters. The van der Waals surface area contributed by atoms with Gasteiger partial charge in [0, 0.05) is 5.56 Å². The van der Waals surface area contributed by atoms with E-state index in [1.807, 2.05) is 0 Å². The van der Waals surface area contributed by atoms with Crippen molar-refractivity contribution < 1.29 is 23.4 Å². The predicted octanol–water partition coefficient (Wildman–Crippen LogP) is 3.30. The standard InChI is InChI=1S/C11H11ClF2O3/c1-6(2)17-9-4-3-7(5-8(9)12)11(13,14)10(15)16/h3-6H,1-2H3,(H,15,16). The topological polar surface area (TPSA) is 46.5 Å². The SMILES string of the molecule is CC(C)Oc1ccc(C(F)(F)C(=O)O)cc1Cl. The van der Waals surface area contributed by atoms with Crippen molar-refractivity contribution in [3.8, 4) is 5.75 Å². The maximum absolute atomic E-state index is 13.2. The highest BCUT2D eigenvalue weighted by atomic mass is 35.5. The molecule has 0 saturated heterocycles. The lowest BCUT2D eigenvalue weighted by molar-refractivity contribution is -0.166. The van der Waals surface area contributed by atoms with Gasteiger partial charge in [-0.25, -0.2) is 4.79 Å². The lowest BCUT2D eigenvalue weighted by Crippen LogP contribution is -2.25. The maximum Gasteiger partial charge on any atom is 0.379 e. The number of hydrogen-bond acceptors (Lipinski definition) is 2. The number of carbonyl (C=O) groups is 1. The summed E-state index contributed by atoms with van der Waals surface area (Å²) in [7, 11) is 0. The Hall–Kier alpha value is -1.36. The minimum atomic E-state index is -3.96. The van der Waals surface area contributed by atoms with Gasteiger partial charge in [0.2, 0.25) is 0 Å². The van der Waals surface area contributed by atoms with Crippen LogP contribution in [0.3, 0.4) is 0 Å². The molecule has 0 fully saturated rings. The van der Waals surface area contributed by atoms with Crippen LogP contribution in [0.25, 0.3) is 0 Å². The van der Waals surface area contributed by atoms with Gasteiger partial charge < -0.3 is 9.84 Å². The molecular formula is C11H11ClF2O3. The summed E-state index contributed by atoms with van der Waals surface area (Å²) in [6, 6.07) is 3.11. The third-order valence-corrected chi connectivity index (χ3v) is 2.22.